The standard InChI is InChI=1S/C35H41N7O5/c1-2-5-31-30(22-24-8-10-25(11-9-24)28-6-3-4-7-29(28)32-38-35(44)47-39-32)33(43)41(34-36-23-37-42(31)34)26-12-14-27(15-13-26)46-21-18-40-16-19-45-20-17-40/h3-4,6-11,23,26-27H,2,5,12-22H2,1H3,(H,38,39,44)/t26-,27-. The Morgan fingerprint density at radius 1 is 0.979 bits per heavy atom. The van der Waals surface area contributed by atoms with Crippen molar-refractivity contribution in [1.29, 1.82) is 0 Å². The lowest BCUT2D eigenvalue weighted by molar-refractivity contribution is -0.0125. The molecule has 0 radical (unpaired) electrons. The van der Waals surface area contributed by atoms with Crippen molar-refractivity contribution in [2.45, 2.75) is 64.0 Å². The largest absolute Gasteiger partial charge is 0.439 e. The number of nitrogens with one attached hydrogen (secondary N) is 1. The molecule has 1 aliphatic heterocycles. The SMILES string of the molecule is CCCc1c(Cc2ccc(-c3ccccc3-c3noc(=O)[nH]3)cc2)c(=O)n([C@H]2CC[C@H](OCCN3CCOCC3)CC2)c2ncnn12. The number of aryl methyl sites for hydroxylation is 1. The maximum Gasteiger partial charge on any atom is 0.439 e. The molecule has 3 aromatic heterocycles. The van der Waals surface area contributed by atoms with Gasteiger partial charge in [0.1, 0.15) is 6.33 Å². The molecule has 4 heterocycles. The number of fused-ring (bicyclic) bond motifs is 1. The average molecular weight is 640 g/mol. The zero-order chi connectivity index (χ0) is 32.2. The van der Waals surface area contributed by atoms with Crippen LogP contribution in [0.25, 0.3) is 28.3 Å². The smallest absolute Gasteiger partial charge is 0.379 e. The first-order valence-electron chi connectivity index (χ1n) is 16.7. The summed E-state index contributed by atoms with van der Waals surface area (Å²) in [7, 11) is 0. The number of aromatic amines is 1. The van der Waals surface area contributed by atoms with Gasteiger partial charge in [0.15, 0.2) is 5.82 Å². The highest BCUT2D eigenvalue weighted by molar-refractivity contribution is 5.80. The van der Waals surface area contributed by atoms with Gasteiger partial charge in [-0.05, 0) is 48.8 Å². The molecule has 5 aromatic rings. The Morgan fingerprint density at radius 3 is 2.47 bits per heavy atom. The summed E-state index contributed by atoms with van der Waals surface area (Å²) in [5.41, 5.74) is 5.40. The van der Waals surface area contributed by atoms with Crippen molar-refractivity contribution in [3.8, 4) is 22.5 Å². The summed E-state index contributed by atoms with van der Waals surface area (Å²) in [6, 6.07) is 16.0. The molecule has 1 saturated heterocycles. The van der Waals surface area contributed by atoms with Gasteiger partial charge in [-0.15, -0.1) is 0 Å². The van der Waals surface area contributed by atoms with E-state index in [9.17, 15) is 9.59 Å². The van der Waals surface area contributed by atoms with Crippen LogP contribution in [0.5, 0.6) is 0 Å². The Morgan fingerprint density at radius 2 is 1.74 bits per heavy atom. The number of morpholine rings is 1. The van der Waals surface area contributed by atoms with Crippen molar-refractivity contribution in [3.05, 3.63) is 92.6 Å². The van der Waals surface area contributed by atoms with Gasteiger partial charge in [-0.25, -0.2) is 9.31 Å². The monoisotopic (exact) mass is 639 g/mol. The van der Waals surface area contributed by atoms with Crippen molar-refractivity contribution < 1.29 is 14.0 Å². The minimum absolute atomic E-state index is 0.0232. The number of hydrogen-bond acceptors (Lipinski definition) is 9. The van der Waals surface area contributed by atoms with Crippen LogP contribution in [-0.2, 0) is 22.3 Å². The molecule has 12 nitrogen and oxygen atoms in total. The molecule has 1 saturated carbocycles. The first kappa shape index (κ1) is 31.2. The van der Waals surface area contributed by atoms with Gasteiger partial charge in [0.05, 0.1) is 31.6 Å². The van der Waals surface area contributed by atoms with Crippen LogP contribution in [0.2, 0.25) is 0 Å². The topological polar surface area (TPSA) is 133 Å². The van der Waals surface area contributed by atoms with Crippen LogP contribution in [0.3, 0.4) is 0 Å². The van der Waals surface area contributed by atoms with Gasteiger partial charge in [0.25, 0.3) is 5.56 Å². The zero-order valence-electron chi connectivity index (χ0n) is 26.8. The van der Waals surface area contributed by atoms with Gasteiger partial charge in [-0.3, -0.25) is 23.8 Å². The van der Waals surface area contributed by atoms with Crippen molar-refractivity contribution in [2.75, 3.05) is 39.5 Å². The molecule has 47 heavy (non-hydrogen) atoms. The third-order valence-corrected chi connectivity index (χ3v) is 9.45. The second-order valence-electron chi connectivity index (χ2n) is 12.4. The maximum absolute atomic E-state index is 14.4. The summed E-state index contributed by atoms with van der Waals surface area (Å²) in [4.78, 5) is 35.6. The number of rotatable bonds is 11. The second-order valence-corrected chi connectivity index (χ2v) is 12.4. The molecule has 2 aromatic carbocycles. The van der Waals surface area contributed by atoms with E-state index in [2.05, 4.69) is 44.2 Å². The van der Waals surface area contributed by atoms with Crippen LogP contribution in [0.4, 0.5) is 0 Å². The Bertz CT molecular complexity index is 1910. The molecule has 2 fully saturated rings. The van der Waals surface area contributed by atoms with Crippen molar-refractivity contribution >= 4 is 5.78 Å². The summed E-state index contributed by atoms with van der Waals surface area (Å²) in [6.07, 6.45) is 7.43. The fourth-order valence-corrected chi connectivity index (χ4v) is 7.01. The van der Waals surface area contributed by atoms with E-state index >= 15 is 0 Å². The number of benzene rings is 2. The summed E-state index contributed by atoms with van der Waals surface area (Å²) in [6.45, 7) is 7.30. The Labute approximate surface area is 272 Å². The minimum Gasteiger partial charge on any atom is -0.379 e. The fraction of sp³-hybridized carbons (Fsp3) is 0.457. The molecular weight excluding hydrogens is 598 g/mol. The highest BCUT2D eigenvalue weighted by atomic mass is 16.5. The Hall–Kier alpha value is -4.39. The van der Waals surface area contributed by atoms with Crippen LogP contribution < -0.4 is 11.3 Å². The number of hydrogen-bond donors (Lipinski definition) is 1. The molecule has 2 aliphatic rings. The van der Waals surface area contributed by atoms with Crippen molar-refractivity contribution in [2.24, 2.45) is 0 Å². The molecule has 0 bridgehead atoms. The molecule has 1 aliphatic carbocycles. The van der Waals surface area contributed by atoms with Gasteiger partial charge >= 0.3 is 5.76 Å². The molecule has 1 N–H and O–H groups in total. The lowest BCUT2D eigenvalue weighted by Gasteiger charge is -2.31. The van der Waals surface area contributed by atoms with E-state index in [0.29, 0.717) is 18.0 Å². The average Bonchev–Trinajstić information content (AvgIpc) is 3.77. The van der Waals surface area contributed by atoms with Crippen molar-refractivity contribution in [3.63, 3.8) is 0 Å². The van der Waals surface area contributed by atoms with E-state index in [1.54, 1.807) is 6.33 Å². The molecule has 7 rings (SSSR count). The highest BCUT2D eigenvalue weighted by Crippen LogP contribution is 2.32. The predicted molar refractivity (Wildman–Crippen MR) is 177 cm³/mol. The second kappa shape index (κ2) is 14.2. The Balaban J connectivity index is 1.11. The lowest BCUT2D eigenvalue weighted by Crippen LogP contribution is -2.39. The van der Waals surface area contributed by atoms with Crippen molar-refractivity contribution in [1.82, 2.24) is 34.2 Å². The third-order valence-electron chi connectivity index (χ3n) is 9.45. The number of nitrogens with zero attached hydrogens (tertiary/aromatic N) is 6. The third kappa shape index (κ3) is 6.71. The van der Waals surface area contributed by atoms with Crippen LogP contribution in [0, 0.1) is 0 Å². The first-order valence-corrected chi connectivity index (χ1v) is 16.7. The van der Waals surface area contributed by atoms with Gasteiger partial charge < -0.3 is 9.47 Å². The van der Waals surface area contributed by atoms with Gasteiger partial charge in [0, 0.05) is 43.2 Å². The van der Waals surface area contributed by atoms with E-state index in [1.807, 2.05) is 45.5 Å². The van der Waals surface area contributed by atoms with E-state index in [1.165, 1.54) is 0 Å². The van der Waals surface area contributed by atoms with E-state index in [4.69, 9.17) is 14.0 Å². The lowest BCUT2D eigenvalue weighted by atomic mass is 9.92. The van der Waals surface area contributed by atoms with E-state index < -0.39 is 5.76 Å². The fourth-order valence-electron chi connectivity index (χ4n) is 7.01. The number of H-pyrrole nitrogens is 1. The Kier molecular flexibility index (Phi) is 9.41. The van der Waals surface area contributed by atoms with Gasteiger partial charge in [-0.1, -0.05) is 67.0 Å². The highest BCUT2D eigenvalue weighted by Gasteiger charge is 2.28. The summed E-state index contributed by atoms with van der Waals surface area (Å²) in [5.74, 6) is 0.412. The van der Waals surface area contributed by atoms with Crippen LogP contribution in [0.15, 0.2) is 69.0 Å². The summed E-state index contributed by atoms with van der Waals surface area (Å²) in [5, 5.41) is 8.48. The molecule has 246 valence electrons. The van der Waals surface area contributed by atoms with Crippen LogP contribution >= 0.6 is 0 Å². The quantitative estimate of drug-likeness (QED) is 0.225. The molecule has 0 atom stereocenters. The predicted octanol–water partition coefficient (Wildman–Crippen LogP) is 4.28. The van der Waals surface area contributed by atoms with Crippen LogP contribution in [0.1, 0.15) is 61.9 Å². The minimum atomic E-state index is -0.594. The molecule has 0 unspecified atom stereocenters. The number of ether oxygens (including phenoxy) is 2. The molecule has 12 heteroatoms. The molecular formula is C35H41N7O5. The van der Waals surface area contributed by atoms with Gasteiger partial charge in [-0.2, -0.15) is 10.1 Å². The zero-order valence-corrected chi connectivity index (χ0v) is 26.8. The normalized spacial score (nSPS) is 19.0. The number of aromatic nitrogens is 6. The first-order chi connectivity index (χ1) is 23.1. The van der Waals surface area contributed by atoms with E-state index in [0.717, 1.165) is 111 Å². The summed E-state index contributed by atoms with van der Waals surface area (Å²) >= 11 is 0. The molecule has 0 amide bonds. The van der Waals surface area contributed by atoms with Crippen LogP contribution in [-0.4, -0.2) is 79.8 Å². The van der Waals surface area contributed by atoms with E-state index in [-0.39, 0.29) is 17.7 Å². The van der Waals surface area contributed by atoms with Gasteiger partial charge in [0.2, 0.25) is 5.78 Å². The maximum atomic E-state index is 14.4. The summed E-state index contributed by atoms with van der Waals surface area (Å²) < 4.78 is 20.2. The molecule has 0 spiro atoms.